The third-order valence-corrected chi connectivity index (χ3v) is 8.93. The molecule has 2 N–H and O–H groups in total. The third kappa shape index (κ3) is 10.8. The topological polar surface area (TPSA) is 180 Å². The number of phenolic OH excluding ortho intramolecular Hbond substituents is 2. The van der Waals surface area contributed by atoms with Crippen LogP contribution in [0, 0.1) is 0 Å². The Balaban J connectivity index is 0.000000131. The SMILES string of the molecule is C.C/C=C/c1cc2ccoc2cc1O.C1CC1.O=c1ccc2cc3ccoc3cc2o1.O=c1ccc2ccc3occc3c2o1.Oc1c(/C=C/[c-]2oo2)ccc2occc12.[Na+]. The number of hydrogen-bond acceptors (Lipinski definition) is 12. The van der Waals surface area contributed by atoms with Gasteiger partial charge in [-0.25, -0.2) is 9.59 Å². The van der Waals surface area contributed by atoms with Gasteiger partial charge in [0.2, 0.25) is 5.96 Å². The monoisotopic (exact) mass is 830 g/mol. The van der Waals surface area contributed by atoms with E-state index in [1.54, 1.807) is 85.7 Å². The summed E-state index contributed by atoms with van der Waals surface area (Å²) in [6.45, 7) is 1.92. The van der Waals surface area contributed by atoms with Crippen molar-refractivity contribution < 1.29 is 75.4 Å². The number of fused-ring (bicyclic) bond motifs is 7. The van der Waals surface area contributed by atoms with E-state index in [9.17, 15) is 19.8 Å². The summed E-state index contributed by atoms with van der Waals surface area (Å²) in [5.74, 6) is 0.890. The van der Waals surface area contributed by atoms with Crippen molar-refractivity contribution in [2.24, 2.45) is 0 Å². The van der Waals surface area contributed by atoms with Crippen LogP contribution >= 0.6 is 0 Å². The summed E-state index contributed by atoms with van der Waals surface area (Å²) in [4.78, 5) is 22.0. The van der Waals surface area contributed by atoms with Gasteiger partial charge in [0.1, 0.15) is 45.0 Å². The van der Waals surface area contributed by atoms with E-state index in [4.69, 9.17) is 26.5 Å². The molecular formula is C48H39NaO12. The minimum atomic E-state index is -0.344. The first-order valence-electron chi connectivity index (χ1n) is 18.6. The molecule has 12 nitrogen and oxygen atoms in total. The van der Waals surface area contributed by atoms with Crippen LogP contribution in [0.3, 0.4) is 0 Å². The number of phenols is 2. The summed E-state index contributed by atoms with van der Waals surface area (Å²) in [7, 11) is 0. The van der Waals surface area contributed by atoms with E-state index >= 15 is 0 Å². The van der Waals surface area contributed by atoms with Crippen molar-refractivity contribution in [1.82, 2.24) is 0 Å². The maximum atomic E-state index is 11.1. The van der Waals surface area contributed by atoms with Gasteiger partial charge in [-0.05, 0) is 73.7 Å². The average molecular weight is 831 g/mol. The van der Waals surface area contributed by atoms with Crippen LogP contribution in [-0.4, -0.2) is 10.2 Å². The Bertz CT molecular complexity index is 3290. The predicted octanol–water partition coefficient (Wildman–Crippen LogP) is 10.3. The molecule has 61 heavy (non-hydrogen) atoms. The van der Waals surface area contributed by atoms with Gasteiger partial charge in [0.05, 0.1) is 35.8 Å². The van der Waals surface area contributed by atoms with E-state index < -0.39 is 0 Å². The van der Waals surface area contributed by atoms with Gasteiger partial charge in [0.25, 0.3) is 0 Å². The fraction of sp³-hybridized carbons (Fsp3) is 0.104. The predicted molar refractivity (Wildman–Crippen MR) is 231 cm³/mol. The quantitative estimate of drug-likeness (QED) is 0.0746. The molecule has 0 bridgehead atoms. The Labute approximate surface area is 368 Å². The molecule has 11 aromatic rings. The molecule has 12 rings (SSSR count). The Hall–Kier alpha value is -6.99. The molecule has 1 aliphatic rings. The number of aromatic hydroxyl groups is 2. The first-order chi connectivity index (χ1) is 28.8. The summed E-state index contributed by atoms with van der Waals surface area (Å²) < 4.78 is 39.8. The maximum absolute atomic E-state index is 11.1. The molecule has 1 fully saturated rings. The zero-order valence-electron chi connectivity index (χ0n) is 32.5. The van der Waals surface area contributed by atoms with Crippen LogP contribution in [0.15, 0.2) is 173 Å². The molecule has 0 aliphatic heterocycles. The molecule has 7 aromatic heterocycles. The smallest absolute Gasteiger partial charge is 0.508 e. The van der Waals surface area contributed by atoms with Crippen LogP contribution in [-0.2, 0) is 0 Å². The van der Waals surface area contributed by atoms with E-state index in [1.807, 2.05) is 55.5 Å². The zero-order valence-corrected chi connectivity index (χ0v) is 34.5. The van der Waals surface area contributed by atoms with Crippen LogP contribution in [0.5, 0.6) is 11.5 Å². The second-order valence-electron chi connectivity index (χ2n) is 13.3. The Kier molecular flexibility index (Phi) is 14.2. The average Bonchev–Trinajstić information content (AvgIpc) is 4.07. The summed E-state index contributed by atoms with van der Waals surface area (Å²) in [5, 5.41) is 24.8. The first kappa shape index (κ1) is 43.6. The van der Waals surface area contributed by atoms with Crippen LogP contribution < -0.4 is 40.8 Å². The van der Waals surface area contributed by atoms with Gasteiger partial charge in [-0.3, -0.25) is 0 Å². The minimum Gasteiger partial charge on any atom is -0.508 e. The first-order valence-corrected chi connectivity index (χ1v) is 18.6. The summed E-state index contributed by atoms with van der Waals surface area (Å²) in [5.41, 5.74) is 4.80. The van der Waals surface area contributed by atoms with Crippen molar-refractivity contribution in [3.05, 3.63) is 166 Å². The van der Waals surface area contributed by atoms with Crippen molar-refractivity contribution in [2.75, 3.05) is 0 Å². The van der Waals surface area contributed by atoms with E-state index in [2.05, 4.69) is 9.15 Å². The van der Waals surface area contributed by atoms with Gasteiger partial charge in [-0.1, -0.05) is 50.5 Å². The zero-order chi connectivity index (χ0) is 40.7. The van der Waals surface area contributed by atoms with Crippen molar-refractivity contribution in [3.63, 3.8) is 0 Å². The van der Waals surface area contributed by atoms with Crippen LogP contribution in [0.25, 0.3) is 84.0 Å². The Morgan fingerprint density at radius 3 is 1.79 bits per heavy atom. The number of hydrogen-bond donors (Lipinski definition) is 2. The van der Waals surface area contributed by atoms with Gasteiger partial charge in [0, 0.05) is 51.4 Å². The molecule has 1 saturated carbocycles. The van der Waals surface area contributed by atoms with Gasteiger partial charge in [-0.2, -0.15) is 6.08 Å². The molecule has 304 valence electrons. The van der Waals surface area contributed by atoms with E-state index in [1.165, 1.54) is 31.4 Å². The third-order valence-electron chi connectivity index (χ3n) is 8.93. The maximum Gasteiger partial charge on any atom is 1.00 e. The molecule has 0 unspecified atom stereocenters. The van der Waals surface area contributed by atoms with Crippen molar-refractivity contribution in [3.8, 4) is 11.5 Å². The molecule has 7 heterocycles. The van der Waals surface area contributed by atoms with Crippen LogP contribution in [0.2, 0.25) is 0 Å². The van der Waals surface area contributed by atoms with Crippen LogP contribution in [0.1, 0.15) is 50.7 Å². The molecule has 0 atom stereocenters. The fourth-order valence-corrected chi connectivity index (χ4v) is 5.85. The second-order valence-corrected chi connectivity index (χ2v) is 13.3. The van der Waals surface area contributed by atoms with Gasteiger partial charge in [-0.15, -0.1) is 6.08 Å². The van der Waals surface area contributed by atoms with E-state index in [0.717, 1.165) is 43.7 Å². The number of benzene rings is 4. The normalized spacial score (nSPS) is 11.7. The van der Waals surface area contributed by atoms with Gasteiger partial charge < -0.3 is 45.9 Å². The standard InChI is InChI=1S/C11H7O4.2C11H6O3.C11H10O2.C3H6.CH4.Na/c12-11-7(2-4-10-14-15-10)1-3-9-8(11)5-6-13-9;12-10-4-2-7-1-3-9-8(5-6-13-9)11(7)14-10;12-11-2-1-7-5-8-3-4-13-9(8)6-10(7)14-11;1-2-3-8-6-9-4-5-13-11(9)7-10(8)12;1-2-3-1;;/h1-6,12H;2*1-6H;2-7,12H,1H3;1-3H2;1H4;/q-1;;;;;;+1/b4-2+;;;3-2+;;;. The minimum absolute atomic E-state index is 0. The molecular weight excluding hydrogens is 792 g/mol. The Morgan fingerprint density at radius 2 is 1.10 bits per heavy atom. The van der Waals surface area contributed by atoms with Crippen molar-refractivity contribution >= 4 is 84.0 Å². The summed E-state index contributed by atoms with van der Waals surface area (Å²) in [6, 6.07) is 28.0. The van der Waals surface area contributed by atoms with Crippen molar-refractivity contribution in [1.29, 1.82) is 0 Å². The number of allylic oxidation sites excluding steroid dienone is 1. The van der Waals surface area contributed by atoms with E-state index in [0.29, 0.717) is 39.2 Å². The fourth-order valence-electron chi connectivity index (χ4n) is 5.85. The molecule has 0 spiro atoms. The summed E-state index contributed by atoms with van der Waals surface area (Å²) in [6.07, 6.45) is 18.0. The molecule has 0 saturated heterocycles. The molecule has 4 aromatic carbocycles. The Morgan fingerprint density at radius 1 is 0.541 bits per heavy atom. The molecule has 0 amide bonds. The second kappa shape index (κ2) is 19.8. The largest absolute Gasteiger partial charge is 1.00 e. The van der Waals surface area contributed by atoms with Crippen LogP contribution in [0.4, 0.5) is 0 Å². The van der Waals surface area contributed by atoms with E-state index in [-0.39, 0.29) is 59.7 Å². The van der Waals surface area contributed by atoms with Gasteiger partial charge >= 0.3 is 40.8 Å². The summed E-state index contributed by atoms with van der Waals surface area (Å²) >= 11 is 0. The number of furan rings is 4. The number of rotatable bonds is 3. The van der Waals surface area contributed by atoms with Crippen molar-refractivity contribution in [2.45, 2.75) is 33.6 Å². The van der Waals surface area contributed by atoms with Gasteiger partial charge in [0.15, 0.2) is 0 Å². The molecule has 13 heteroatoms. The molecule has 1 aliphatic carbocycles. The molecule has 0 radical (unpaired) electrons.